The molecular formula is C46H87O8P. The van der Waals surface area contributed by atoms with E-state index < -0.39 is 26.5 Å². The number of allylic oxidation sites excluding steroid dienone is 4. The van der Waals surface area contributed by atoms with E-state index in [0.717, 1.165) is 44.9 Å². The van der Waals surface area contributed by atoms with Crippen LogP contribution in [0.5, 0.6) is 0 Å². The van der Waals surface area contributed by atoms with Crippen LogP contribution in [-0.4, -0.2) is 42.8 Å². The Balaban J connectivity index is 4.02. The van der Waals surface area contributed by atoms with Crippen molar-refractivity contribution in [2.75, 3.05) is 19.8 Å². The maximum absolute atomic E-state index is 12.6. The number of unbranched alkanes of at least 4 members (excludes halogenated alkanes) is 27. The molecule has 0 rings (SSSR count). The monoisotopic (exact) mass is 799 g/mol. The zero-order chi connectivity index (χ0) is 40.3. The van der Waals surface area contributed by atoms with E-state index >= 15 is 0 Å². The fourth-order valence-electron chi connectivity index (χ4n) is 6.60. The van der Waals surface area contributed by atoms with Crippen molar-refractivity contribution in [3.8, 4) is 0 Å². The first-order valence-electron chi connectivity index (χ1n) is 23.1. The molecule has 0 aliphatic carbocycles. The van der Waals surface area contributed by atoms with Gasteiger partial charge in [-0.05, 0) is 51.9 Å². The summed E-state index contributed by atoms with van der Waals surface area (Å²) in [5.41, 5.74) is 0. The molecule has 2 atom stereocenters. The molecule has 0 aromatic rings. The zero-order valence-electron chi connectivity index (χ0n) is 36.1. The average Bonchev–Trinajstić information content (AvgIpc) is 3.16. The Bertz CT molecular complexity index is 952. The third-order valence-corrected chi connectivity index (χ3v) is 11.1. The summed E-state index contributed by atoms with van der Waals surface area (Å²) in [5.74, 6) is -0.791. The topological polar surface area (TPSA) is 108 Å². The average molecular weight is 799 g/mol. The van der Waals surface area contributed by atoms with Crippen LogP contribution >= 0.6 is 7.82 Å². The number of phosphoric ester groups is 1. The molecule has 0 aliphatic heterocycles. The highest BCUT2D eigenvalue weighted by Crippen LogP contribution is 2.43. The van der Waals surface area contributed by atoms with Gasteiger partial charge in [-0.15, -0.1) is 0 Å². The molecule has 0 saturated carbocycles. The van der Waals surface area contributed by atoms with Crippen molar-refractivity contribution in [3.05, 3.63) is 24.3 Å². The Morgan fingerprint density at radius 2 is 0.873 bits per heavy atom. The summed E-state index contributed by atoms with van der Waals surface area (Å²) in [6.45, 7) is 5.48. The Kier molecular flexibility index (Phi) is 41.0. The van der Waals surface area contributed by atoms with Crippen LogP contribution in [0.2, 0.25) is 0 Å². The fourth-order valence-corrected chi connectivity index (χ4v) is 7.36. The minimum absolute atomic E-state index is 0.00168. The second-order valence-corrected chi connectivity index (χ2v) is 16.9. The first-order valence-corrected chi connectivity index (χ1v) is 24.6. The Morgan fingerprint density at radius 3 is 1.33 bits per heavy atom. The zero-order valence-corrected chi connectivity index (χ0v) is 37.0. The van der Waals surface area contributed by atoms with Gasteiger partial charge in [0, 0.05) is 12.8 Å². The highest BCUT2D eigenvalue weighted by atomic mass is 31.2. The molecule has 0 aliphatic rings. The van der Waals surface area contributed by atoms with Gasteiger partial charge in [0.1, 0.15) is 6.61 Å². The van der Waals surface area contributed by atoms with Gasteiger partial charge in [-0.1, -0.05) is 192 Å². The number of hydrogen-bond acceptors (Lipinski definition) is 7. The van der Waals surface area contributed by atoms with E-state index in [0.29, 0.717) is 12.8 Å². The minimum Gasteiger partial charge on any atom is -0.462 e. The van der Waals surface area contributed by atoms with E-state index in [2.05, 4.69) is 38.2 Å². The maximum atomic E-state index is 12.6. The van der Waals surface area contributed by atoms with Gasteiger partial charge in [0.15, 0.2) is 6.10 Å². The quantitative estimate of drug-likeness (QED) is 0.0281. The van der Waals surface area contributed by atoms with Gasteiger partial charge >= 0.3 is 19.8 Å². The van der Waals surface area contributed by atoms with E-state index in [9.17, 15) is 19.0 Å². The molecule has 0 amide bonds. The molecule has 0 spiro atoms. The van der Waals surface area contributed by atoms with Crippen LogP contribution in [-0.2, 0) is 32.7 Å². The van der Waals surface area contributed by atoms with Crippen molar-refractivity contribution in [2.24, 2.45) is 0 Å². The molecule has 0 radical (unpaired) electrons. The minimum atomic E-state index is -4.28. The lowest BCUT2D eigenvalue weighted by atomic mass is 10.0. The van der Waals surface area contributed by atoms with Crippen molar-refractivity contribution >= 4 is 19.8 Å². The third-order valence-electron chi connectivity index (χ3n) is 10.0. The van der Waals surface area contributed by atoms with Gasteiger partial charge in [-0.2, -0.15) is 0 Å². The Labute approximate surface area is 339 Å². The lowest BCUT2D eigenvalue weighted by molar-refractivity contribution is -0.161. The largest absolute Gasteiger partial charge is 0.472 e. The molecule has 8 nitrogen and oxygen atoms in total. The smallest absolute Gasteiger partial charge is 0.462 e. The number of hydrogen-bond donors (Lipinski definition) is 1. The summed E-state index contributed by atoms with van der Waals surface area (Å²) < 4.78 is 32.7. The van der Waals surface area contributed by atoms with Crippen LogP contribution in [0.4, 0.5) is 0 Å². The first kappa shape index (κ1) is 53.5. The van der Waals surface area contributed by atoms with Gasteiger partial charge in [-0.3, -0.25) is 18.6 Å². The van der Waals surface area contributed by atoms with Gasteiger partial charge in [0.25, 0.3) is 0 Å². The van der Waals surface area contributed by atoms with E-state index in [1.165, 1.54) is 148 Å². The van der Waals surface area contributed by atoms with E-state index in [-0.39, 0.29) is 25.6 Å². The summed E-state index contributed by atoms with van der Waals surface area (Å²) in [4.78, 5) is 34.8. The van der Waals surface area contributed by atoms with E-state index in [4.69, 9.17) is 18.5 Å². The Morgan fingerprint density at radius 1 is 0.491 bits per heavy atom. The lowest BCUT2D eigenvalue weighted by Gasteiger charge is -2.19. The molecule has 0 bridgehead atoms. The fraction of sp³-hybridized carbons (Fsp3) is 0.870. The second-order valence-electron chi connectivity index (χ2n) is 15.4. The molecule has 0 saturated heterocycles. The molecule has 0 fully saturated rings. The molecule has 9 heteroatoms. The molecule has 324 valence electrons. The van der Waals surface area contributed by atoms with Crippen LogP contribution in [0.15, 0.2) is 24.3 Å². The van der Waals surface area contributed by atoms with Crippen molar-refractivity contribution in [1.29, 1.82) is 0 Å². The van der Waals surface area contributed by atoms with Crippen LogP contribution < -0.4 is 0 Å². The molecule has 0 aromatic carbocycles. The van der Waals surface area contributed by atoms with Gasteiger partial charge in [0.05, 0.1) is 13.2 Å². The highest BCUT2D eigenvalue weighted by Gasteiger charge is 2.25. The maximum Gasteiger partial charge on any atom is 0.472 e. The number of rotatable bonds is 43. The number of carbonyl (C=O) groups is 2. The molecule has 2 unspecified atom stereocenters. The summed E-state index contributed by atoms with van der Waals surface area (Å²) in [6.07, 6.45) is 46.5. The Hall–Kier alpha value is -1.47. The van der Waals surface area contributed by atoms with Gasteiger partial charge < -0.3 is 14.4 Å². The van der Waals surface area contributed by atoms with E-state index in [1.807, 2.05) is 0 Å². The molecule has 1 N–H and O–H groups in total. The van der Waals surface area contributed by atoms with Gasteiger partial charge in [0.2, 0.25) is 0 Å². The van der Waals surface area contributed by atoms with E-state index in [1.54, 1.807) is 6.92 Å². The van der Waals surface area contributed by atoms with Gasteiger partial charge in [-0.25, -0.2) is 4.57 Å². The van der Waals surface area contributed by atoms with Crippen molar-refractivity contribution < 1.29 is 37.6 Å². The van der Waals surface area contributed by atoms with Crippen molar-refractivity contribution in [2.45, 2.75) is 239 Å². The SMILES string of the molecule is CCCCC/C=C\C/C=C\CCCCCCCCCCCC(=O)OC(COC(=O)CCCCCCCCCCCCCCCCCC)COP(=O)(O)OCC. The molecular weight excluding hydrogens is 711 g/mol. The summed E-state index contributed by atoms with van der Waals surface area (Å²) in [7, 11) is -4.28. The second kappa shape index (κ2) is 42.1. The third kappa shape index (κ3) is 42.0. The number of ether oxygens (including phenoxy) is 2. The first-order chi connectivity index (χ1) is 26.8. The highest BCUT2D eigenvalue weighted by molar-refractivity contribution is 7.47. The summed E-state index contributed by atoms with van der Waals surface area (Å²) in [5, 5.41) is 0. The predicted octanol–water partition coefficient (Wildman–Crippen LogP) is 14.6. The van der Waals surface area contributed by atoms with Crippen LogP contribution in [0, 0.1) is 0 Å². The number of phosphoric acid groups is 1. The lowest BCUT2D eigenvalue weighted by Crippen LogP contribution is -2.29. The predicted molar refractivity (Wildman–Crippen MR) is 230 cm³/mol. The van der Waals surface area contributed by atoms with Crippen LogP contribution in [0.25, 0.3) is 0 Å². The van der Waals surface area contributed by atoms with Crippen molar-refractivity contribution in [3.63, 3.8) is 0 Å². The molecule has 0 aromatic heterocycles. The molecule has 0 heterocycles. The summed E-state index contributed by atoms with van der Waals surface area (Å²) in [6, 6.07) is 0. The standard InChI is InChI=1S/C46H87O8P/c1-4-7-9-11-13-15-17-19-21-23-24-25-27-29-31-33-35-37-39-41-46(48)54-44(43-53-55(49,50)52-6-3)42-51-45(47)40-38-36-34-32-30-28-26-22-20-18-16-14-12-10-8-5-2/h13,15,19,21,44H,4-12,14,16-18,20,22-43H2,1-3H3,(H,49,50)/b15-13-,21-19-. The summed E-state index contributed by atoms with van der Waals surface area (Å²) >= 11 is 0. The number of esters is 2. The molecule has 55 heavy (non-hydrogen) atoms. The van der Waals surface area contributed by atoms with Crippen molar-refractivity contribution in [1.82, 2.24) is 0 Å². The van der Waals surface area contributed by atoms with Crippen LogP contribution in [0.3, 0.4) is 0 Å². The van der Waals surface area contributed by atoms with Crippen LogP contribution in [0.1, 0.15) is 233 Å². The number of carbonyl (C=O) groups excluding carboxylic acids is 2. The normalized spacial score (nSPS) is 13.5.